The first-order chi connectivity index (χ1) is 12.0. The maximum atomic E-state index is 12.0. The number of aryl methyl sites for hydroxylation is 1. The van der Waals surface area contributed by atoms with E-state index in [0.717, 1.165) is 11.1 Å². The molecule has 6 nitrogen and oxygen atoms in total. The lowest BCUT2D eigenvalue weighted by atomic mass is 10.1. The van der Waals surface area contributed by atoms with Crippen molar-refractivity contribution in [2.24, 2.45) is 0 Å². The lowest BCUT2D eigenvalue weighted by molar-refractivity contribution is -0.119. The fraction of sp³-hybridized carbons (Fsp3) is 0.167. The van der Waals surface area contributed by atoms with Crippen molar-refractivity contribution in [3.8, 4) is 5.75 Å². The van der Waals surface area contributed by atoms with Gasteiger partial charge in [-0.2, -0.15) is 0 Å². The minimum Gasteiger partial charge on any atom is -0.497 e. The van der Waals surface area contributed by atoms with Gasteiger partial charge in [0.2, 0.25) is 5.91 Å². The Morgan fingerprint density at radius 3 is 2.36 bits per heavy atom. The minimum absolute atomic E-state index is 0.0282. The largest absolute Gasteiger partial charge is 0.497 e. The number of nitrogens with one attached hydrogen (secondary N) is 3. The highest BCUT2D eigenvalue weighted by atomic mass is 32.1. The lowest BCUT2D eigenvalue weighted by Gasteiger charge is -2.11. The van der Waals surface area contributed by atoms with E-state index in [1.54, 1.807) is 31.4 Å². The van der Waals surface area contributed by atoms with Crippen LogP contribution in [0.4, 0.5) is 0 Å². The van der Waals surface area contributed by atoms with Crippen LogP contribution in [0.2, 0.25) is 0 Å². The summed E-state index contributed by atoms with van der Waals surface area (Å²) in [5, 5.41) is 2.56. The summed E-state index contributed by atoms with van der Waals surface area (Å²) in [4.78, 5) is 24.0. The van der Waals surface area contributed by atoms with Gasteiger partial charge in [-0.25, -0.2) is 0 Å². The van der Waals surface area contributed by atoms with E-state index in [0.29, 0.717) is 11.3 Å². The van der Waals surface area contributed by atoms with Gasteiger partial charge in [0.25, 0.3) is 5.91 Å². The van der Waals surface area contributed by atoms with Crippen molar-refractivity contribution in [3.63, 3.8) is 0 Å². The van der Waals surface area contributed by atoms with Crippen molar-refractivity contribution in [2.45, 2.75) is 13.3 Å². The van der Waals surface area contributed by atoms with Crippen molar-refractivity contribution in [2.75, 3.05) is 7.11 Å². The molecule has 2 rings (SSSR count). The van der Waals surface area contributed by atoms with Gasteiger partial charge in [-0.3, -0.25) is 20.4 Å². The van der Waals surface area contributed by atoms with Gasteiger partial charge < -0.3 is 10.1 Å². The van der Waals surface area contributed by atoms with Crippen molar-refractivity contribution < 1.29 is 14.3 Å². The Balaban J connectivity index is 1.80. The standard InChI is InChI=1S/C18H19N3O3S/c1-12-5-3-4-6-14(12)11-16(22)19-18(25)21-20-17(23)13-7-9-15(24-2)10-8-13/h3-10H,11H2,1-2H3,(H,20,23)(H2,19,21,22,25). The minimum atomic E-state index is -0.377. The third-order valence-corrected chi connectivity index (χ3v) is 3.71. The van der Waals surface area contributed by atoms with Crippen molar-refractivity contribution >= 4 is 29.1 Å². The highest BCUT2D eigenvalue weighted by Crippen LogP contribution is 2.10. The summed E-state index contributed by atoms with van der Waals surface area (Å²) >= 11 is 5.01. The van der Waals surface area contributed by atoms with Gasteiger partial charge in [-0.1, -0.05) is 24.3 Å². The Morgan fingerprint density at radius 2 is 1.72 bits per heavy atom. The van der Waals surface area contributed by atoms with Crippen LogP contribution in [0.5, 0.6) is 5.75 Å². The molecule has 0 aromatic heterocycles. The molecule has 0 heterocycles. The average molecular weight is 357 g/mol. The summed E-state index contributed by atoms with van der Waals surface area (Å²) in [6.07, 6.45) is 0.209. The van der Waals surface area contributed by atoms with Crippen LogP contribution in [0, 0.1) is 6.92 Å². The zero-order valence-corrected chi connectivity index (χ0v) is 14.8. The lowest BCUT2D eigenvalue weighted by Crippen LogP contribution is -2.48. The normalized spacial score (nSPS) is 9.84. The van der Waals surface area contributed by atoms with Gasteiger partial charge in [0.05, 0.1) is 13.5 Å². The van der Waals surface area contributed by atoms with Gasteiger partial charge in [-0.15, -0.1) is 0 Å². The molecule has 0 atom stereocenters. The van der Waals surface area contributed by atoms with Crippen LogP contribution < -0.4 is 20.9 Å². The van der Waals surface area contributed by atoms with E-state index in [9.17, 15) is 9.59 Å². The maximum Gasteiger partial charge on any atom is 0.269 e. The van der Waals surface area contributed by atoms with Gasteiger partial charge in [-0.05, 0) is 54.5 Å². The predicted octanol–water partition coefficient (Wildman–Crippen LogP) is 1.88. The molecular weight excluding hydrogens is 338 g/mol. The van der Waals surface area contributed by atoms with E-state index in [4.69, 9.17) is 17.0 Å². The van der Waals surface area contributed by atoms with Gasteiger partial charge in [0, 0.05) is 5.56 Å². The molecule has 7 heteroatoms. The van der Waals surface area contributed by atoms with Crippen LogP contribution >= 0.6 is 12.2 Å². The van der Waals surface area contributed by atoms with E-state index in [2.05, 4.69) is 16.2 Å². The topological polar surface area (TPSA) is 79.5 Å². The Kier molecular flexibility index (Phi) is 6.47. The zero-order valence-electron chi connectivity index (χ0n) is 14.0. The summed E-state index contributed by atoms with van der Waals surface area (Å²) < 4.78 is 5.03. The van der Waals surface area contributed by atoms with Crippen LogP contribution in [0.3, 0.4) is 0 Å². The number of benzene rings is 2. The fourth-order valence-electron chi connectivity index (χ4n) is 2.11. The zero-order chi connectivity index (χ0) is 18.2. The Morgan fingerprint density at radius 1 is 1.04 bits per heavy atom. The van der Waals surface area contributed by atoms with E-state index in [1.165, 1.54) is 0 Å². The molecule has 0 aliphatic carbocycles. The number of hydrogen-bond donors (Lipinski definition) is 3. The van der Waals surface area contributed by atoms with Crippen LogP contribution in [-0.4, -0.2) is 24.0 Å². The molecule has 0 aliphatic heterocycles. The second-order valence-corrected chi connectivity index (χ2v) is 5.70. The third kappa shape index (κ3) is 5.58. The molecule has 0 spiro atoms. The first-order valence-electron chi connectivity index (χ1n) is 7.58. The predicted molar refractivity (Wildman–Crippen MR) is 99.2 cm³/mol. The van der Waals surface area contributed by atoms with Crippen LogP contribution in [0.15, 0.2) is 48.5 Å². The van der Waals surface area contributed by atoms with E-state index < -0.39 is 0 Å². The van der Waals surface area contributed by atoms with E-state index >= 15 is 0 Å². The van der Waals surface area contributed by atoms with Crippen LogP contribution in [0.1, 0.15) is 21.5 Å². The van der Waals surface area contributed by atoms with Crippen molar-refractivity contribution in [3.05, 3.63) is 65.2 Å². The summed E-state index contributed by atoms with van der Waals surface area (Å²) in [5.41, 5.74) is 7.33. The second kappa shape index (κ2) is 8.79. The molecule has 25 heavy (non-hydrogen) atoms. The quantitative estimate of drug-likeness (QED) is 0.575. The monoisotopic (exact) mass is 357 g/mol. The first-order valence-corrected chi connectivity index (χ1v) is 7.99. The number of carbonyl (C=O) groups excluding carboxylic acids is 2. The number of ether oxygens (including phenoxy) is 1. The van der Waals surface area contributed by atoms with Crippen molar-refractivity contribution in [1.29, 1.82) is 0 Å². The molecule has 2 aromatic rings. The maximum absolute atomic E-state index is 12.0. The molecule has 130 valence electrons. The van der Waals surface area contributed by atoms with Crippen LogP contribution in [0.25, 0.3) is 0 Å². The van der Waals surface area contributed by atoms with Gasteiger partial charge in [0.1, 0.15) is 5.75 Å². The van der Waals surface area contributed by atoms with E-state index in [-0.39, 0.29) is 23.3 Å². The molecule has 0 saturated heterocycles. The molecular formula is C18H19N3O3S. The van der Waals surface area contributed by atoms with E-state index in [1.807, 2.05) is 31.2 Å². The number of hydrogen-bond acceptors (Lipinski definition) is 4. The number of carbonyl (C=O) groups is 2. The molecule has 3 N–H and O–H groups in total. The number of hydrazine groups is 1. The highest BCUT2D eigenvalue weighted by Gasteiger charge is 2.09. The summed E-state index contributed by atoms with van der Waals surface area (Å²) in [7, 11) is 1.55. The molecule has 0 bridgehead atoms. The Labute approximate surface area is 151 Å². The molecule has 0 aliphatic rings. The Bertz CT molecular complexity index is 775. The number of amides is 2. The molecule has 0 saturated carbocycles. The molecule has 2 aromatic carbocycles. The molecule has 2 amide bonds. The van der Waals surface area contributed by atoms with Gasteiger partial charge in [0.15, 0.2) is 5.11 Å². The number of methoxy groups -OCH3 is 1. The Hall–Kier alpha value is -2.93. The average Bonchev–Trinajstić information content (AvgIpc) is 2.61. The van der Waals surface area contributed by atoms with Crippen molar-refractivity contribution in [1.82, 2.24) is 16.2 Å². The number of rotatable bonds is 4. The highest BCUT2D eigenvalue weighted by molar-refractivity contribution is 7.80. The summed E-state index contributed by atoms with van der Waals surface area (Å²) in [6, 6.07) is 14.2. The summed E-state index contributed by atoms with van der Waals surface area (Å²) in [5.74, 6) is 0.0205. The van der Waals surface area contributed by atoms with Crippen LogP contribution in [-0.2, 0) is 11.2 Å². The molecule has 0 unspecified atom stereocenters. The fourth-order valence-corrected chi connectivity index (χ4v) is 2.28. The smallest absolute Gasteiger partial charge is 0.269 e. The third-order valence-electron chi connectivity index (χ3n) is 3.51. The SMILES string of the molecule is COc1ccc(C(=O)NNC(=S)NC(=O)Cc2ccccc2C)cc1. The first kappa shape index (κ1) is 18.4. The molecule has 0 fully saturated rings. The molecule has 0 radical (unpaired) electrons. The summed E-state index contributed by atoms with van der Waals surface area (Å²) in [6.45, 7) is 1.94. The number of thiocarbonyl (C=S) groups is 1. The second-order valence-electron chi connectivity index (χ2n) is 5.29. The van der Waals surface area contributed by atoms with Gasteiger partial charge >= 0.3 is 0 Å².